The molecule has 0 radical (unpaired) electrons. The number of rotatable bonds is 5. The number of amides is 1. The van der Waals surface area contributed by atoms with Gasteiger partial charge >= 0.3 is 0 Å². The van der Waals surface area contributed by atoms with Crippen molar-refractivity contribution in [2.45, 2.75) is 73.6 Å². The van der Waals surface area contributed by atoms with Crippen LogP contribution in [0.2, 0.25) is 0 Å². The van der Waals surface area contributed by atoms with E-state index in [-0.39, 0.29) is 23.0 Å². The number of nitrogens with one attached hydrogen (secondary N) is 1. The van der Waals surface area contributed by atoms with Gasteiger partial charge < -0.3 is 10.1 Å². The fourth-order valence-corrected chi connectivity index (χ4v) is 4.49. The summed E-state index contributed by atoms with van der Waals surface area (Å²) in [5, 5.41) is 3.11. The van der Waals surface area contributed by atoms with Crippen LogP contribution in [0.1, 0.15) is 98.0 Å². The first kappa shape index (κ1) is 23.1. The Labute approximate surface area is 186 Å². The van der Waals surface area contributed by atoms with Gasteiger partial charge in [0.25, 0.3) is 0 Å². The Bertz CT molecular complexity index is 1010. The summed E-state index contributed by atoms with van der Waals surface area (Å²) in [4.78, 5) is 25.3. The molecule has 4 nitrogen and oxygen atoms in total. The van der Waals surface area contributed by atoms with Gasteiger partial charge in [0, 0.05) is 23.6 Å². The standard InChI is InChI=1S/C27H35NO3/c1-15(2)19-9-11-20(12-10-19)21-14-31-26-23(18(5)29)16(3)25(17(4)24(21)26)28-22(30)13-27(6,7)8/h9-12,15,21H,13-14H2,1-8H3,(H,28,30). The summed E-state index contributed by atoms with van der Waals surface area (Å²) in [6.07, 6.45) is 0.412. The summed E-state index contributed by atoms with van der Waals surface area (Å²) in [5.74, 6) is 1.10. The second kappa shape index (κ2) is 8.49. The molecule has 0 bridgehead atoms. The molecule has 0 aliphatic carbocycles. The number of hydrogen-bond acceptors (Lipinski definition) is 3. The van der Waals surface area contributed by atoms with Crippen LogP contribution in [0.5, 0.6) is 5.75 Å². The summed E-state index contributed by atoms with van der Waals surface area (Å²) in [6, 6.07) is 8.64. The number of carbonyl (C=O) groups excluding carboxylic acids is 2. The maximum atomic E-state index is 12.7. The number of ketones is 1. The predicted molar refractivity (Wildman–Crippen MR) is 126 cm³/mol. The Morgan fingerprint density at radius 1 is 1.10 bits per heavy atom. The summed E-state index contributed by atoms with van der Waals surface area (Å²) in [7, 11) is 0. The Kier molecular flexibility index (Phi) is 6.31. The summed E-state index contributed by atoms with van der Waals surface area (Å²) >= 11 is 0. The highest BCUT2D eigenvalue weighted by Crippen LogP contribution is 2.47. The number of ether oxygens (including phenoxy) is 1. The third-order valence-corrected chi connectivity index (χ3v) is 6.06. The van der Waals surface area contributed by atoms with Crippen molar-refractivity contribution in [3.8, 4) is 5.75 Å². The molecule has 1 aliphatic rings. The van der Waals surface area contributed by atoms with Gasteiger partial charge in [-0.25, -0.2) is 0 Å². The highest BCUT2D eigenvalue weighted by Gasteiger charge is 2.34. The van der Waals surface area contributed by atoms with Crippen LogP contribution in [-0.2, 0) is 4.79 Å². The zero-order valence-electron chi connectivity index (χ0n) is 20.1. The summed E-state index contributed by atoms with van der Waals surface area (Å²) < 4.78 is 6.10. The monoisotopic (exact) mass is 421 g/mol. The van der Waals surface area contributed by atoms with Gasteiger partial charge in [-0.15, -0.1) is 0 Å². The van der Waals surface area contributed by atoms with Gasteiger partial charge in [0.1, 0.15) is 5.75 Å². The minimum absolute atomic E-state index is 0.0354. The van der Waals surface area contributed by atoms with E-state index in [0.717, 1.165) is 27.9 Å². The molecule has 4 heteroatoms. The van der Waals surface area contributed by atoms with E-state index in [0.29, 0.717) is 30.3 Å². The molecule has 1 atom stereocenters. The first-order chi connectivity index (χ1) is 14.4. The van der Waals surface area contributed by atoms with E-state index in [9.17, 15) is 9.59 Å². The molecule has 2 aromatic carbocycles. The minimum atomic E-state index is -0.115. The largest absolute Gasteiger partial charge is 0.491 e. The van der Waals surface area contributed by atoms with Gasteiger partial charge in [-0.05, 0) is 54.4 Å². The molecule has 31 heavy (non-hydrogen) atoms. The van der Waals surface area contributed by atoms with Gasteiger partial charge in [0.15, 0.2) is 5.78 Å². The molecule has 0 aromatic heterocycles. The Morgan fingerprint density at radius 3 is 2.23 bits per heavy atom. The predicted octanol–water partition coefficient (Wildman–Crippen LogP) is 6.53. The lowest BCUT2D eigenvalue weighted by Crippen LogP contribution is -2.21. The Balaban J connectivity index is 2.10. The van der Waals surface area contributed by atoms with Crippen molar-refractivity contribution in [3.05, 3.63) is 57.6 Å². The normalized spacial score (nSPS) is 15.6. The number of hydrogen-bond donors (Lipinski definition) is 1. The zero-order valence-corrected chi connectivity index (χ0v) is 20.1. The van der Waals surface area contributed by atoms with Gasteiger partial charge in [-0.1, -0.05) is 58.9 Å². The maximum Gasteiger partial charge on any atom is 0.224 e. The highest BCUT2D eigenvalue weighted by molar-refractivity contribution is 6.03. The van der Waals surface area contributed by atoms with Crippen molar-refractivity contribution in [2.24, 2.45) is 5.41 Å². The van der Waals surface area contributed by atoms with E-state index in [1.807, 2.05) is 34.6 Å². The topological polar surface area (TPSA) is 55.4 Å². The fourth-order valence-electron chi connectivity index (χ4n) is 4.49. The smallest absolute Gasteiger partial charge is 0.224 e. The van der Waals surface area contributed by atoms with Gasteiger partial charge in [-0.3, -0.25) is 9.59 Å². The number of fused-ring (bicyclic) bond motifs is 1. The van der Waals surface area contributed by atoms with Crippen LogP contribution < -0.4 is 10.1 Å². The SMILES string of the molecule is CC(=O)c1c(C)c(NC(=O)CC(C)(C)C)c(C)c2c1OCC2c1ccc(C(C)C)cc1. The average Bonchev–Trinajstić information content (AvgIpc) is 3.08. The van der Waals surface area contributed by atoms with Crippen LogP contribution in [0, 0.1) is 19.3 Å². The zero-order chi connectivity index (χ0) is 23.1. The van der Waals surface area contributed by atoms with Crippen LogP contribution in [0.25, 0.3) is 0 Å². The van der Waals surface area contributed by atoms with Crippen LogP contribution in [0.15, 0.2) is 24.3 Å². The Morgan fingerprint density at radius 2 is 1.71 bits per heavy atom. The molecule has 0 fully saturated rings. The molecule has 166 valence electrons. The van der Waals surface area contributed by atoms with Gasteiger partial charge in [0.05, 0.1) is 12.2 Å². The molecule has 1 aliphatic heterocycles. The molecule has 0 saturated carbocycles. The minimum Gasteiger partial charge on any atom is -0.491 e. The maximum absolute atomic E-state index is 12.7. The lowest BCUT2D eigenvalue weighted by molar-refractivity contribution is -0.117. The molecule has 1 heterocycles. The molecular weight excluding hydrogens is 386 g/mol. The summed E-state index contributed by atoms with van der Waals surface area (Å²) in [6.45, 7) is 16.5. The number of Topliss-reactive ketones (excluding diaryl/α,β-unsaturated/α-hetero) is 1. The third-order valence-electron chi connectivity index (χ3n) is 6.06. The van der Waals surface area contributed by atoms with Crippen LogP contribution in [0.4, 0.5) is 5.69 Å². The highest BCUT2D eigenvalue weighted by atomic mass is 16.5. The van der Waals surface area contributed by atoms with Crippen LogP contribution >= 0.6 is 0 Å². The van der Waals surface area contributed by atoms with Crippen molar-refractivity contribution in [1.82, 2.24) is 0 Å². The molecular formula is C27H35NO3. The average molecular weight is 422 g/mol. The quantitative estimate of drug-likeness (QED) is 0.559. The first-order valence-corrected chi connectivity index (χ1v) is 11.1. The fraction of sp³-hybridized carbons (Fsp3) is 0.481. The second-order valence-electron chi connectivity index (χ2n) is 10.3. The molecule has 0 saturated heterocycles. The van der Waals surface area contributed by atoms with Crippen molar-refractivity contribution < 1.29 is 14.3 Å². The van der Waals surface area contributed by atoms with Crippen molar-refractivity contribution in [1.29, 1.82) is 0 Å². The van der Waals surface area contributed by atoms with Crippen molar-refractivity contribution in [3.63, 3.8) is 0 Å². The van der Waals surface area contributed by atoms with Gasteiger partial charge in [0.2, 0.25) is 5.91 Å². The lowest BCUT2D eigenvalue weighted by atomic mass is 9.84. The molecule has 0 spiro atoms. The van der Waals surface area contributed by atoms with E-state index in [2.05, 4.69) is 43.4 Å². The van der Waals surface area contributed by atoms with Crippen LogP contribution in [0.3, 0.4) is 0 Å². The second-order valence-corrected chi connectivity index (χ2v) is 10.3. The van der Waals surface area contributed by atoms with Crippen LogP contribution in [-0.4, -0.2) is 18.3 Å². The molecule has 1 amide bonds. The molecule has 3 rings (SSSR count). The van der Waals surface area contributed by atoms with Crippen molar-refractivity contribution >= 4 is 17.4 Å². The lowest BCUT2D eigenvalue weighted by Gasteiger charge is -2.22. The molecule has 1 unspecified atom stereocenters. The molecule has 1 N–H and O–H groups in total. The van der Waals surface area contributed by atoms with E-state index in [1.54, 1.807) is 6.92 Å². The Hall–Kier alpha value is -2.62. The summed E-state index contributed by atoms with van der Waals surface area (Å²) in [5.41, 5.74) is 6.44. The molecule has 2 aromatic rings. The first-order valence-electron chi connectivity index (χ1n) is 11.1. The van der Waals surface area contributed by atoms with Gasteiger partial charge in [-0.2, -0.15) is 0 Å². The van der Waals surface area contributed by atoms with E-state index in [1.165, 1.54) is 5.56 Å². The van der Waals surface area contributed by atoms with E-state index < -0.39 is 0 Å². The third kappa shape index (κ3) is 4.68. The van der Waals surface area contributed by atoms with E-state index >= 15 is 0 Å². The van der Waals surface area contributed by atoms with Crippen molar-refractivity contribution in [2.75, 3.05) is 11.9 Å². The van der Waals surface area contributed by atoms with E-state index in [4.69, 9.17) is 4.74 Å². The number of anilines is 1. The number of carbonyl (C=O) groups is 2. The number of benzene rings is 2.